The van der Waals surface area contributed by atoms with Gasteiger partial charge in [-0.2, -0.15) is 4.98 Å². The predicted octanol–water partition coefficient (Wildman–Crippen LogP) is 3.65. The topological polar surface area (TPSA) is 89.2 Å². The highest BCUT2D eigenvalue weighted by Crippen LogP contribution is 2.32. The minimum atomic E-state index is -0.488. The molecule has 3 heterocycles. The number of ether oxygens (including phenoxy) is 1. The number of thiazole rings is 1. The lowest BCUT2D eigenvalue weighted by Gasteiger charge is -2.31. The molecule has 0 atom stereocenters. The van der Waals surface area contributed by atoms with Crippen molar-refractivity contribution in [2.45, 2.75) is 18.9 Å². The molecule has 0 spiro atoms. The summed E-state index contributed by atoms with van der Waals surface area (Å²) >= 11 is 7.33. The first-order valence-electron chi connectivity index (χ1n) is 9.41. The standard InChI is InChI=1S/C19H22ClFN6OS/c1-28-9-8-27-6-4-12(5-7-27)23-19-26-18-15(29-19)16(22)24-17(25-18)11-2-3-14(21)13(20)10-11/h2-3,10,12H,4-9H2,1H3,(H3,22,23,24,25,26). The van der Waals surface area contributed by atoms with Gasteiger partial charge in [0.15, 0.2) is 16.6 Å². The summed E-state index contributed by atoms with van der Waals surface area (Å²) in [5, 5.41) is 4.30. The van der Waals surface area contributed by atoms with Gasteiger partial charge in [-0.05, 0) is 31.0 Å². The van der Waals surface area contributed by atoms with Crippen molar-refractivity contribution in [3.8, 4) is 11.4 Å². The minimum absolute atomic E-state index is 0.0160. The molecule has 1 fully saturated rings. The van der Waals surface area contributed by atoms with Crippen LogP contribution in [0.2, 0.25) is 5.02 Å². The Morgan fingerprint density at radius 2 is 2.10 bits per heavy atom. The lowest BCUT2D eigenvalue weighted by Crippen LogP contribution is -2.40. The third kappa shape index (κ3) is 4.58. The maximum absolute atomic E-state index is 13.4. The molecule has 7 nitrogen and oxygen atoms in total. The Hall–Kier alpha value is -2.07. The summed E-state index contributed by atoms with van der Waals surface area (Å²) in [6.45, 7) is 3.79. The first-order valence-corrected chi connectivity index (χ1v) is 10.6. The number of hydrogen-bond acceptors (Lipinski definition) is 8. The maximum atomic E-state index is 13.4. The minimum Gasteiger partial charge on any atom is -0.383 e. The highest BCUT2D eigenvalue weighted by molar-refractivity contribution is 7.22. The van der Waals surface area contributed by atoms with Gasteiger partial charge in [-0.3, -0.25) is 0 Å². The van der Waals surface area contributed by atoms with Crippen molar-refractivity contribution >= 4 is 44.2 Å². The first kappa shape index (κ1) is 20.2. The number of hydrogen-bond donors (Lipinski definition) is 2. The molecule has 4 rings (SSSR count). The number of anilines is 2. The lowest BCUT2D eigenvalue weighted by atomic mass is 10.1. The van der Waals surface area contributed by atoms with Gasteiger partial charge in [0.1, 0.15) is 16.3 Å². The van der Waals surface area contributed by atoms with Crippen molar-refractivity contribution in [2.24, 2.45) is 0 Å². The molecular weight excluding hydrogens is 415 g/mol. The van der Waals surface area contributed by atoms with Crippen LogP contribution in [0.25, 0.3) is 21.7 Å². The van der Waals surface area contributed by atoms with Crippen LogP contribution in [0.3, 0.4) is 0 Å². The van der Waals surface area contributed by atoms with Gasteiger partial charge in [0.2, 0.25) is 0 Å². The molecule has 29 heavy (non-hydrogen) atoms. The molecule has 1 saturated heterocycles. The van der Waals surface area contributed by atoms with Gasteiger partial charge in [-0.15, -0.1) is 0 Å². The highest BCUT2D eigenvalue weighted by Gasteiger charge is 2.21. The SMILES string of the molecule is COCCN1CCC(Nc2nc3nc(-c4ccc(F)c(Cl)c4)nc(N)c3s2)CC1. The van der Waals surface area contributed by atoms with Crippen molar-refractivity contribution in [1.29, 1.82) is 0 Å². The lowest BCUT2D eigenvalue weighted by molar-refractivity contribution is 0.132. The van der Waals surface area contributed by atoms with Gasteiger partial charge in [0.05, 0.1) is 11.6 Å². The maximum Gasteiger partial charge on any atom is 0.185 e. The molecule has 2 aromatic heterocycles. The van der Waals surface area contributed by atoms with Crippen LogP contribution in [0.5, 0.6) is 0 Å². The normalized spacial score (nSPS) is 15.8. The molecule has 10 heteroatoms. The van der Waals surface area contributed by atoms with E-state index < -0.39 is 5.82 Å². The van der Waals surface area contributed by atoms with Crippen molar-refractivity contribution in [1.82, 2.24) is 19.9 Å². The zero-order valence-corrected chi connectivity index (χ0v) is 17.6. The van der Waals surface area contributed by atoms with E-state index in [-0.39, 0.29) is 5.02 Å². The number of rotatable bonds is 6. The van der Waals surface area contributed by atoms with Crippen LogP contribution in [0.4, 0.5) is 15.3 Å². The molecule has 1 aliphatic heterocycles. The summed E-state index contributed by atoms with van der Waals surface area (Å²) in [6, 6.07) is 4.71. The van der Waals surface area contributed by atoms with Crippen molar-refractivity contribution < 1.29 is 9.13 Å². The van der Waals surface area contributed by atoms with E-state index in [1.54, 1.807) is 13.2 Å². The molecule has 0 bridgehead atoms. The van der Waals surface area contributed by atoms with Crippen LogP contribution in [0.15, 0.2) is 18.2 Å². The van der Waals surface area contributed by atoms with Crippen molar-refractivity contribution in [3.63, 3.8) is 0 Å². The van der Waals surface area contributed by atoms with Crippen molar-refractivity contribution in [3.05, 3.63) is 29.0 Å². The van der Waals surface area contributed by atoms with Crippen LogP contribution in [0.1, 0.15) is 12.8 Å². The monoisotopic (exact) mass is 436 g/mol. The summed E-state index contributed by atoms with van der Waals surface area (Å²) in [5.41, 5.74) is 7.26. The van der Waals surface area contributed by atoms with Crippen molar-refractivity contribution in [2.75, 3.05) is 44.4 Å². The molecule has 0 aliphatic carbocycles. The van der Waals surface area contributed by atoms with Gasteiger partial charge >= 0.3 is 0 Å². The molecule has 0 amide bonds. The number of fused-ring (bicyclic) bond motifs is 1. The molecule has 0 unspecified atom stereocenters. The van der Waals surface area contributed by atoms with E-state index in [9.17, 15) is 4.39 Å². The summed E-state index contributed by atoms with van der Waals surface area (Å²) < 4.78 is 19.3. The van der Waals surface area contributed by atoms with E-state index in [0.29, 0.717) is 28.9 Å². The fourth-order valence-corrected chi connectivity index (χ4v) is 4.43. The van der Waals surface area contributed by atoms with E-state index in [0.717, 1.165) is 48.9 Å². The molecule has 3 N–H and O–H groups in total. The quantitative estimate of drug-likeness (QED) is 0.609. The fraction of sp³-hybridized carbons (Fsp3) is 0.421. The number of nitrogens with zero attached hydrogens (tertiary/aromatic N) is 4. The third-order valence-electron chi connectivity index (χ3n) is 4.98. The number of nitrogens with one attached hydrogen (secondary N) is 1. The van der Waals surface area contributed by atoms with Crippen LogP contribution in [-0.2, 0) is 4.74 Å². The zero-order valence-electron chi connectivity index (χ0n) is 16.0. The van der Waals surface area contributed by atoms with E-state index in [1.807, 2.05) is 0 Å². The number of likely N-dealkylation sites (tertiary alicyclic amines) is 1. The van der Waals surface area contributed by atoms with Gasteiger partial charge in [0.25, 0.3) is 0 Å². The van der Waals surface area contributed by atoms with Crippen LogP contribution in [-0.4, -0.2) is 59.2 Å². The van der Waals surface area contributed by atoms with E-state index in [2.05, 4.69) is 25.2 Å². The molecule has 0 radical (unpaired) electrons. The van der Waals surface area contributed by atoms with Crippen LogP contribution in [0, 0.1) is 5.82 Å². The number of nitrogen functional groups attached to an aromatic ring is 1. The fourth-order valence-electron chi connectivity index (χ4n) is 3.37. The number of nitrogens with two attached hydrogens (primary N) is 1. The van der Waals surface area contributed by atoms with Gasteiger partial charge in [-0.25, -0.2) is 14.4 Å². The van der Waals surface area contributed by atoms with Gasteiger partial charge in [0, 0.05) is 38.3 Å². The average Bonchev–Trinajstić information content (AvgIpc) is 3.12. The molecule has 3 aromatic rings. The third-order valence-corrected chi connectivity index (χ3v) is 6.27. The van der Waals surface area contributed by atoms with Crippen LogP contribution < -0.4 is 11.1 Å². The second-order valence-electron chi connectivity index (χ2n) is 6.99. The predicted molar refractivity (Wildman–Crippen MR) is 115 cm³/mol. The molecule has 0 saturated carbocycles. The Bertz CT molecular complexity index is 1010. The summed E-state index contributed by atoms with van der Waals surface area (Å²) in [4.78, 5) is 15.9. The van der Waals surface area contributed by atoms with Crippen LogP contribution >= 0.6 is 22.9 Å². The molecular formula is C19H22ClFN6OS. The Balaban J connectivity index is 1.49. The number of halogens is 2. The summed E-state index contributed by atoms with van der Waals surface area (Å²) in [6.07, 6.45) is 2.08. The Kier molecular flexibility index (Phi) is 6.09. The first-order chi connectivity index (χ1) is 14.0. The summed E-state index contributed by atoms with van der Waals surface area (Å²) in [5.74, 6) is 0.239. The van der Waals surface area contributed by atoms with Gasteiger partial charge < -0.3 is 20.7 Å². The van der Waals surface area contributed by atoms with E-state index in [1.165, 1.54) is 23.5 Å². The number of methoxy groups -OCH3 is 1. The molecule has 154 valence electrons. The Labute approximate surface area is 177 Å². The summed E-state index contributed by atoms with van der Waals surface area (Å²) in [7, 11) is 1.73. The smallest absolute Gasteiger partial charge is 0.185 e. The number of piperidine rings is 1. The molecule has 1 aromatic carbocycles. The second-order valence-corrected chi connectivity index (χ2v) is 8.39. The number of benzene rings is 1. The van der Waals surface area contributed by atoms with Gasteiger partial charge in [-0.1, -0.05) is 22.9 Å². The molecule has 1 aliphatic rings. The number of aromatic nitrogens is 3. The second kappa shape index (κ2) is 8.74. The largest absolute Gasteiger partial charge is 0.383 e. The zero-order chi connectivity index (χ0) is 20.4. The van der Waals surface area contributed by atoms with E-state index >= 15 is 0 Å². The van der Waals surface area contributed by atoms with E-state index in [4.69, 9.17) is 22.1 Å². The highest BCUT2D eigenvalue weighted by atomic mass is 35.5. The Morgan fingerprint density at radius 1 is 1.31 bits per heavy atom. The Morgan fingerprint density at radius 3 is 2.83 bits per heavy atom. The average molecular weight is 437 g/mol.